The topological polar surface area (TPSA) is 171 Å². The third-order valence-electron chi connectivity index (χ3n) is 6.74. The smallest absolute Gasteiger partial charge is 0.319 e. The Labute approximate surface area is 252 Å². The van der Waals surface area contributed by atoms with Crippen LogP contribution in [0.25, 0.3) is 0 Å². The molecule has 1 saturated heterocycles. The zero-order valence-corrected chi connectivity index (χ0v) is 25.0. The fourth-order valence-electron chi connectivity index (χ4n) is 4.59. The molecule has 0 spiro atoms. The zero-order valence-electron chi connectivity index (χ0n) is 23.5. The maximum atomic E-state index is 13.8. The van der Waals surface area contributed by atoms with Gasteiger partial charge in [0.15, 0.2) is 5.78 Å². The van der Waals surface area contributed by atoms with Crippen LogP contribution in [0.1, 0.15) is 44.7 Å². The van der Waals surface area contributed by atoms with Crippen molar-refractivity contribution in [1.29, 1.82) is 0 Å². The van der Waals surface area contributed by atoms with E-state index in [0.717, 1.165) is 12.1 Å². The van der Waals surface area contributed by atoms with E-state index in [9.17, 15) is 36.5 Å². The average Bonchev–Trinajstić information content (AvgIpc) is 3.50. The minimum atomic E-state index is -4.21. The van der Waals surface area contributed by atoms with Crippen molar-refractivity contribution >= 4 is 45.0 Å². The van der Waals surface area contributed by atoms with Crippen LogP contribution in [0, 0.1) is 10.8 Å². The number of Topliss-reactive ketones (excluding diaryl/α,β-unsaturated/α-hetero) is 1. The van der Waals surface area contributed by atoms with Gasteiger partial charge in [-0.2, -0.15) is 0 Å². The molecule has 0 radical (unpaired) electrons. The molecule has 1 fully saturated rings. The number of amides is 3. The number of benzene rings is 2. The summed E-state index contributed by atoms with van der Waals surface area (Å²) in [5.41, 5.74) is 5.02. The van der Waals surface area contributed by atoms with Crippen LogP contribution in [0.4, 0.5) is 19.3 Å². The number of carbonyl (C=O) groups excluding carboxylic acids is 3. The van der Waals surface area contributed by atoms with Gasteiger partial charge in [0.1, 0.15) is 0 Å². The number of carbonyl (C=O) groups is 3. The highest BCUT2D eigenvalue weighted by Crippen LogP contribution is 2.33. The number of imide groups is 1. The molecular formula is C27H33ClF2N6O6S. The van der Waals surface area contributed by atoms with Crippen molar-refractivity contribution in [3.8, 4) is 0 Å². The summed E-state index contributed by atoms with van der Waals surface area (Å²) in [5.74, 6) is -2.09. The fourth-order valence-corrected chi connectivity index (χ4v) is 6.01. The number of halogens is 3. The van der Waals surface area contributed by atoms with Crippen molar-refractivity contribution in [2.75, 3.05) is 18.0 Å². The summed E-state index contributed by atoms with van der Waals surface area (Å²) in [7, 11) is -4.21. The van der Waals surface area contributed by atoms with E-state index in [-0.39, 0.29) is 38.5 Å². The number of sulfonamides is 1. The molecule has 1 aliphatic rings. The third-order valence-corrected chi connectivity index (χ3v) is 8.46. The minimum absolute atomic E-state index is 0.000439. The van der Waals surface area contributed by atoms with E-state index in [4.69, 9.17) is 17.3 Å². The lowest BCUT2D eigenvalue weighted by Crippen LogP contribution is -2.53. The van der Waals surface area contributed by atoms with Crippen LogP contribution in [0.3, 0.4) is 0 Å². The van der Waals surface area contributed by atoms with E-state index in [0.29, 0.717) is 24.3 Å². The molecule has 1 aliphatic heterocycles. The summed E-state index contributed by atoms with van der Waals surface area (Å²) < 4.78 is 56.0. The number of hydrogen-bond acceptors (Lipinski definition) is 9. The molecule has 4 N–H and O–H groups in total. The molecule has 12 nitrogen and oxygen atoms in total. The quantitative estimate of drug-likeness (QED) is 0.219. The summed E-state index contributed by atoms with van der Waals surface area (Å²) in [6, 6.07) is 5.02. The molecule has 0 saturated carbocycles. The lowest BCUT2D eigenvalue weighted by atomic mass is 10.00. The van der Waals surface area contributed by atoms with Gasteiger partial charge in [0.2, 0.25) is 10.0 Å². The van der Waals surface area contributed by atoms with Crippen molar-refractivity contribution < 1.29 is 31.6 Å². The van der Waals surface area contributed by atoms with Gasteiger partial charge >= 0.3 is 6.03 Å². The molecule has 3 rings (SSSR count). The molecule has 43 heavy (non-hydrogen) atoms. The molecular weight excluding hydrogens is 610 g/mol. The van der Waals surface area contributed by atoms with Crippen LogP contribution in [0.2, 0.25) is 5.02 Å². The highest BCUT2D eigenvalue weighted by Gasteiger charge is 2.38. The number of hydrogen-bond donors (Lipinski definition) is 3. The number of rotatable bonds is 13. The van der Waals surface area contributed by atoms with Crippen LogP contribution in [0.15, 0.2) is 58.7 Å². The summed E-state index contributed by atoms with van der Waals surface area (Å²) in [5, 5.41) is 5.38. The third kappa shape index (κ3) is 8.60. The lowest BCUT2D eigenvalue weighted by molar-refractivity contribution is -0.130. The van der Waals surface area contributed by atoms with Gasteiger partial charge in [0.25, 0.3) is 12.3 Å². The predicted molar refractivity (Wildman–Crippen MR) is 156 cm³/mol. The highest BCUT2D eigenvalue weighted by molar-refractivity contribution is 7.89. The second kappa shape index (κ2) is 14.9. The zero-order chi connectivity index (χ0) is 31.9. The normalized spacial score (nSPS) is 16.6. The first-order chi connectivity index (χ1) is 20.3. The van der Waals surface area contributed by atoms with Crippen LogP contribution < -0.4 is 20.7 Å². The van der Waals surface area contributed by atoms with E-state index >= 15 is 0 Å². The van der Waals surface area contributed by atoms with Gasteiger partial charge in [0.05, 0.1) is 40.5 Å². The Kier molecular flexibility index (Phi) is 11.8. The molecule has 0 aliphatic carbocycles. The van der Waals surface area contributed by atoms with E-state index in [1.54, 1.807) is 19.9 Å². The molecule has 0 aromatic heterocycles. The molecule has 1 heterocycles. The Hall–Kier alpha value is -3.37. The lowest BCUT2D eigenvalue weighted by Gasteiger charge is -2.30. The number of anilines is 1. The molecule has 16 heteroatoms. The van der Waals surface area contributed by atoms with Gasteiger partial charge in [-0.15, -0.1) is 9.92 Å². The van der Waals surface area contributed by atoms with E-state index in [1.165, 1.54) is 30.3 Å². The Bertz CT molecular complexity index is 1430. The summed E-state index contributed by atoms with van der Waals surface area (Å²) >= 11 is 6.13. The number of nitrogens with zero attached hydrogens (tertiary/aromatic N) is 3. The van der Waals surface area contributed by atoms with Gasteiger partial charge in [-0.1, -0.05) is 49.7 Å². The second-order valence-electron chi connectivity index (χ2n) is 10.4. The molecule has 3 atom stereocenters. The van der Waals surface area contributed by atoms with Gasteiger partial charge < -0.3 is 11.1 Å². The average molecular weight is 643 g/mol. The van der Waals surface area contributed by atoms with Crippen molar-refractivity contribution in [3.63, 3.8) is 0 Å². The summed E-state index contributed by atoms with van der Waals surface area (Å²) in [6.45, 7) is 2.97. The minimum Gasteiger partial charge on any atom is -0.319 e. The SMILES string of the molecule is CC(C)C[C@@H](NS(=O)(=O)c1ccccc1)C(=O)CN(C(=O)N(N=O)C(=O)[C@@H]1CCCN1)c1cc(Cl)ccc1C(N)C(F)F. The van der Waals surface area contributed by atoms with Gasteiger partial charge in [0, 0.05) is 5.02 Å². The van der Waals surface area contributed by atoms with Crippen LogP contribution in [-0.4, -0.2) is 62.7 Å². The van der Waals surface area contributed by atoms with Crippen molar-refractivity contribution in [2.24, 2.45) is 16.9 Å². The summed E-state index contributed by atoms with van der Waals surface area (Å²) in [6.07, 6.45) is -2.23. The standard InChI is InChI=1S/C27H33ClF2N6O6S/c1-16(2)13-21(33-43(41,42)18-7-4-3-5-8-18)23(37)15-35(22-14-17(28)10-11-19(22)24(31)25(29)30)27(39)36(34-40)26(38)20-9-6-12-32-20/h3-5,7-8,10-11,14,16,20-21,24-25,32-33H,6,9,12-13,15,31H2,1-2H3/t20-,21+,24?/m0/s1. The number of urea groups is 1. The number of nitroso groups, excluding NO2 is 1. The number of nitrogens with two attached hydrogens (primary N) is 1. The van der Waals surface area contributed by atoms with Crippen molar-refractivity contribution in [3.05, 3.63) is 64.0 Å². The molecule has 2 aromatic carbocycles. The number of ketones is 1. The van der Waals surface area contributed by atoms with Crippen molar-refractivity contribution in [2.45, 2.75) is 62.6 Å². The molecule has 1 unspecified atom stereocenters. The first-order valence-corrected chi connectivity index (χ1v) is 15.3. The predicted octanol–water partition coefficient (Wildman–Crippen LogP) is 3.76. The second-order valence-corrected chi connectivity index (χ2v) is 12.5. The van der Waals surface area contributed by atoms with Crippen LogP contribution >= 0.6 is 11.6 Å². The Morgan fingerprint density at radius 2 is 1.84 bits per heavy atom. The monoisotopic (exact) mass is 642 g/mol. The maximum absolute atomic E-state index is 13.8. The Morgan fingerprint density at radius 1 is 1.16 bits per heavy atom. The first kappa shape index (κ1) is 34.1. The number of alkyl halides is 2. The molecule has 234 valence electrons. The number of nitrogens with one attached hydrogen (secondary N) is 2. The Morgan fingerprint density at radius 3 is 2.40 bits per heavy atom. The van der Waals surface area contributed by atoms with Crippen molar-refractivity contribution in [1.82, 2.24) is 15.0 Å². The summed E-state index contributed by atoms with van der Waals surface area (Å²) in [4.78, 5) is 52.8. The van der Waals surface area contributed by atoms with Crippen LogP contribution in [0.5, 0.6) is 0 Å². The molecule has 3 amide bonds. The highest BCUT2D eigenvalue weighted by atomic mass is 35.5. The van der Waals surface area contributed by atoms with E-state index < -0.39 is 58.8 Å². The van der Waals surface area contributed by atoms with Crippen LogP contribution in [-0.2, 0) is 19.6 Å². The first-order valence-electron chi connectivity index (χ1n) is 13.4. The maximum Gasteiger partial charge on any atom is 0.355 e. The van der Waals surface area contributed by atoms with Gasteiger partial charge in [-0.3, -0.25) is 14.5 Å². The molecule has 0 bridgehead atoms. The fraction of sp³-hybridized carbons (Fsp3) is 0.444. The largest absolute Gasteiger partial charge is 0.355 e. The van der Waals surface area contributed by atoms with E-state index in [1.807, 2.05) is 0 Å². The van der Waals surface area contributed by atoms with Gasteiger partial charge in [-0.05, 0) is 61.6 Å². The Balaban J connectivity index is 2.08. The molecule has 2 aromatic rings. The van der Waals surface area contributed by atoms with Gasteiger partial charge in [-0.25, -0.2) is 26.7 Å². The van der Waals surface area contributed by atoms with E-state index in [2.05, 4.69) is 15.3 Å².